The van der Waals surface area contributed by atoms with Gasteiger partial charge in [0.2, 0.25) is 5.91 Å². The molecule has 1 heterocycles. The van der Waals surface area contributed by atoms with E-state index in [1.807, 2.05) is 11.8 Å². The van der Waals surface area contributed by atoms with E-state index in [1.165, 1.54) is 12.8 Å². The SMILES string of the molecule is CCC1(C)NC(C(C)C)N(C2CCC(SC)C2)C1=O. The fourth-order valence-electron chi connectivity index (χ4n) is 3.39. The number of carbonyl (C=O) groups excluding carboxylic acids is 1. The zero-order chi connectivity index (χ0) is 14.2. The van der Waals surface area contributed by atoms with Gasteiger partial charge in [0, 0.05) is 11.3 Å². The molecule has 4 atom stereocenters. The van der Waals surface area contributed by atoms with Crippen LogP contribution in [0.25, 0.3) is 0 Å². The number of nitrogens with one attached hydrogen (secondary N) is 1. The van der Waals surface area contributed by atoms with Crippen molar-refractivity contribution in [2.45, 2.75) is 76.4 Å². The van der Waals surface area contributed by atoms with E-state index in [1.54, 1.807) is 0 Å². The van der Waals surface area contributed by atoms with Gasteiger partial charge in [0.25, 0.3) is 0 Å². The highest BCUT2D eigenvalue weighted by molar-refractivity contribution is 7.99. The molecule has 4 unspecified atom stereocenters. The van der Waals surface area contributed by atoms with Crippen LogP contribution < -0.4 is 5.32 Å². The molecule has 1 aliphatic carbocycles. The Balaban J connectivity index is 2.19. The standard InChI is InChI=1S/C15H28N2OS/c1-6-15(4)14(18)17(13(16-15)10(2)3)11-7-8-12(9-11)19-5/h10-13,16H,6-9H2,1-5H3. The average Bonchev–Trinajstić information content (AvgIpc) is 2.94. The van der Waals surface area contributed by atoms with Crippen LogP contribution in [-0.2, 0) is 4.79 Å². The molecule has 1 aliphatic heterocycles. The van der Waals surface area contributed by atoms with Crippen molar-refractivity contribution in [3.05, 3.63) is 0 Å². The lowest BCUT2D eigenvalue weighted by Crippen LogP contribution is -2.46. The highest BCUT2D eigenvalue weighted by atomic mass is 32.2. The molecule has 2 aliphatic rings. The number of hydrogen-bond acceptors (Lipinski definition) is 3. The largest absolute Gasteiger partial charge is 0.322 e. The van der Waals surface area contributed by atoms with Crippen LogP contribution in [0.3, 0.4) is 0 Å². The van der Waals surface area contributed by atoms with Crippen molar-refractivity contribution in [2.24, 2.45) is 5.92 Å². The highest BCUT2D eigenvalue weighted by Crippen LogP contribution is 2.37. The summed E-state index contributed by atoms with van der Waals surface area (Å²) in [7, 11) is 0. The van der Waals surface area contributed by atoms with E-state index in [0.717, 1.165) is 18.1 Å². The zero-order valence-electron chi connectivity index (χ0n) is 12.9. The van der Waals surface area contributed by atoms with Crippen molar-refractivity contribution in [1.29, 1.82) is 0 Å². The van der Waals surface area contributed by atoms with Crippen LogP contribution in [0.4, 0.5) is 0 Å². The van der Waals surface area contributed by atoms with Gasteiger partial charge in [-0.25, -0.2) is 0 Å². The molecule has 110 valence electrons. The van der Waals surface area contributed by atoms with Crippen molar-refractivity contribution in [2.75, 3.05) is 6.26 Å². The number of nitrogens with zero attached hydrogens (tertiary/aromatic N) is 1. The topological polar surface area (TPSA) is 32.3 Å². The first kappa shape index (κ1) is 15.2. The quantitative estimate of drug-likeness (QED) is 0.861. The minimum absolute atomic E-state index is 0.211. The molecule has 3 nitrogen and oxygen atoms in total. The van der Waals surface area contributed by atoms with Gasteiger partial charge in [-0.05, 0) is 44.8 Å². The number of amides is 1. The first-order valence-electron chi connectivity index (χ1n) is 7.56. The van der Waals surface area contributed by atoms with E-state index in [-0.39, 0.29) is 11.7 Å². The molecule has 0 spiro atoms. The van der Waals surface area contributed by atoms with Gasteiger partial charge in [0.15, 0.2) is 0 Å². The summed E-state index contributed by atoms with van der Waals surface area (Å²) in [5.41, 5.74) is -0.355. The lowest BCUT2D eigenvalue weighted by atomic mass is 9.99. The van der Waals surface area contributed by atoms with Crippen LogP contribution in [0, 0.1) is 5.92 Å². The Morgan fingerprint density at radius 3 is 2.63 bits per heavy atom. The summed E-state index contributed by atoms with van der Waals surface area (Å²) < 4.78 is 0. The maximum atomic E-state index is 12.8. The number of thioether (sulfide) groups is 1. The molecule has 1 saturated heterocycles. The van der Waals surface area contributed by atoms with Gasteiger partial charge in [0.1, 0.15) is 0 Å². The summed E-state index contributed by atoms with van der Waals surface area (Å²) in [6.07, 6.45) is 6.85. The molecule has 0 bridgehead atoms. The van der Waals surface area contributed by atoms with Gasteiger partial charge in [-0.3, -0.25) is 10.1 Å². The van der Waals surface area contributed by atoms with Crippen LogP contribution >= 0.6 is 11.8 Å². The first-order chi connectivity index (χ1) is 8.92. The van der Waals surface area contributed by atoms with Crippen LogP contribution in [0.5, 0.6) is 0 Å². The third-order valence-electron chi connectivity index (χ3n) is 4.89. The van der Waals surface area contributed by atoms with Gasteiger partial charge in [0.05, 0.1) is 11.7 Å². The van der Waals surface area contributed by atoms with Crippen LogP contribution in [0.1, 0.15) is 53.4 Å². The van der Waals surface area contributed by atoms with Crippen molar-refractivity contribution >= 4 is 17.7 Å². The molecule has 2 fully saturated rings. The first-order valence-corrected chi connectivity index (χ1v) is 8.85. The summed E-state index contributed by atoms with van der Waals surface area (Å²) in [6, 6.07) is 0.443. The number of carbonyl (C=O) groups is 1. The number of rotatable bonds is 4. The lowest BCUT2D eigenvalue weighted by molar-refractivity contribution is -0.135. The third-order valence-corrected chi connectivity index (χ3v) is 5.99. The maximum Gasteiger partial charge on any atom is 0.244 e. The Morgan fingerprint density at radius 1 is 1.47 bits per heavy atom. The Kier molecular flexibility index (Phi) is 4.51. The summed E-state index contributed by atoms with van der Waals surface area (Å²) in [5, 5.41) is 4.33. The molecule has 2 rings (SSSR count). The normalized spacial score (nSPS) is 39.6. The van der Waals surface area contributed by atoms with Crippen molar-refractivity contribution < 1.29 is 4.79 Å². The molecule has 0 aromatic carbocycles. The molecule has 0 aromatic heterocycles. The van der Waals surface area contributed by atoms with E-state index in [9.17, 15) is 4.79 Å². The zero-order valence-corrected chi connectivity index (χ0v) is 13.7. The Bertz CT molecular complexity index is 347. The molecule has 1 N–H and O–H groups in total. The highest BCUT2D eigenvalue weighted by Gasteiger charge is 2.50. The predicted octanol–water partition coefficient (Wildman–Crippen LogP) is 2.85. The molecular formula is C15H28N2OS. The van der Waals surface area contributed by atoms with Crippen molar-refractivity contribution in [1.82, 2.24) is 10.2 Å². The molecule has 1 amide bonds. The fraction of sp³-hybridized carbons (Fsp3) is 0.933. The molecular weight excluding hydrogens is 256 g/mol. The van der Waals surface area contributed by atoms with E-state index >= 15 is 0 Å². The minimum atomic E-state index is -0.355. The molecule has 4 heteroatoms. The molecule has 1 saturated carbocycles. The van der Waals surface area contributed by atoms with Crippen molar-refractivity contribution in [3.8, 4) is 0 Å². The summed E-state index contributed by atoms with van der Waals surface area (Å²) in [5.74, 6) is 0.783. The van der Waals surface area contributed by atoms with Crippen LogP contribution in [0.15, 0.2) is 0 Å². The number of hydrogen-bond donors (Lipinski definition) is 1. The van der Waals surface area contributed by atoms with E-state index in [4.69, 9.17) is 0 Å². The van der Waals surface area contributed by atoms with Gasteiger partial charge >= 0.3 is 0 Å². The Labute approximate surface area is 121 Å². The second-order valence-electron chi connectivity index (χ2n) is 6.56. The van der Waals surface area contributed by atoms with Gasteiger partial charge in [-0.1, -0.05) is 20.8 Å². The van der Waals surface area contributed by atoms with Crippen LogP contribution in [-0.4, -0.2) is 40.1 Å². The average molecular weight is 284 g/mol. The molecule has 19 heavy (non-hydrogen) atoms. The Hall–Kier alpha value is -0.220. The monoisotopic (exact) mass is 284 g/mol. The maximum absolute atomic E-state index is 12.8. The minimum Gasteiger partial charge on any atom is -0.322 e. The predicted molar refractivity (Wildman–Crippen MR) is 82.2 cm³/mol. The fourth-order valence-corrected chi connectivity index (χ4v) is 4.17. The van der Waals surface area contributed by atoms with Gasteiger partial charge in [-0.2, -0.15) is 11.8 Å². The second kappa shape index (κ2) is 5.65. The van der Waals surface area contributed by atoms with E-state index < -0.39 is 0 Å². The summed E-state index contributed by atoms with van der Waals surface area (Å²) in [4.78, 5) is 15.0. The third kappa shape index (κ3) is 2.66. The van der Waals surface area contributed by atoms with Crippen LogP contribution in [0.2, 0.25) is 0 Å². The van der Waals surface area contributed by atoms with Gasteiger partial charge < -0.3 is 4.90 Å². The van der Waals surface area contributed by atoms with Crippen molar-refractivity contribution in [3.63, 3.8) is 0 Å². The molecule has 0 radical (unpaired) electrons. The lowest BCUT2D eigenvalue weighted by Gasteiger charge is -2.32. The smallest absolute Gasteiger partial charge is 0.244 e. The second-order valence-corrected chi connectivity index (χ2v) is 7.69. The summed E-state index contributed by atoms with van der Waals surface area (Å²) >= 11 is 1.95. The summed E-state index contributed by atoms with van der Waals surface area (Å²) in [6.45, 7) is 8.58. The van der Waals surface area contributed by atoms with E-state index in [2.05, 4.69) is 44.2 Å². The Morgan fingerprint density at radius 2 is 2.16 bits per heavy atom. The van der Waals surface area contributed by atoms with E-state index in [0.29, 0.717) is 17.9 Å². The molecule has 0 aromatic rings. The van der Waals surface area contributed by atoms with Gasteiger partial charge in [-0.15, -0.1) is 0 Å².